The fourth-order valence-electron chi connectivity index (χ4n) is 2.38. The van der Waals surface area contributed by atoms with Gasteiger partial charge in [-0.25, -0.2) is 4.39 Å². The molecule has 126 valence electrons. The van der Waals surface area contributed by atoms with Crippen molar-refractivity contribution in [1.29, 1.82) is 0 Å². The van der Waals surface area contributed by atoms with Crippen molar-refractivity contribution in [3.63, 3.8) is 0 Å². The summed E-state index contributed by atoms with van der Waals surface area (Å²) in [7, 11) is 0. The Kier molecular flexibility index (Phi) is 5.04. The molecule has 2 aromatic carbocycles. The van der Waals surface area contributed by atoms with Crippen LogP contribution >= 0.6 is 0 Å². The van der Waals surface area contributed by atoms with E-state index in [1.807, 2.05) is 18.2 Å². The van der Waals surface area contributed by atoms with Crippen molar-refractivity contribution >= 4 is 11.6 Å². The van der Waals surface area contributed by atoms with Crippen molar-refractivity contribution < 1.29 is 13.9 Å². The number of nitrogens with zero attached hydrogens (tertiary/aromatic N) is 1. The minimum atomic E-state index is -0.336. The Hall–Kier alpha value is -3.21. The minimum absolute atomic E-state index is 0.306. The number of aryl methyl sites for hydroxylation is 1. The average Bonchev–Trinajstić information content (AvgIpc) is 2.63. The van der Waals surface area contributed by atoms with E-state index < -0.39 is 0 Å². The lowest BCUT2D eigenvalue weighted by molar-refractivity contribution is 0.102. The van der Waals surface area contributed by atoms with E-state index in [0.29, 0.717) is 29.2 Å². The number of rotatable bonds is 5. The van der Waals surface area contributed by atoms with Gasteiger partial charge < -0.3 is 10.1 Å². The Balaban J connectivity index is 1.76. The molecule has 0 fully saturated rings. The second-order valence-electron chi connectivity index (χ2n) is 5.55. The Morgan fingerprint density at radius 2 is 1.88 bits per heavy atom. The van der Waals surface area contributed by atoms with Crippen molar-refractivity contribution in [2.24, 2.45) is 0 Å². The molecule has 0 saturated carbocycles. The topological polar surface area (TPSA) is 51.2 Å². The number of para-hydroxylation sites is 1. The monoisotopic (exact) mass is 336 g/mol. The highest BCUT2D eigenvalue weighted by molar-refractivity contribution is 6.06. The van der Waals surface area contributed by atoms with E-state index in [2.05, 4.69) is 10.3 Å². The molecule has 0 unspecified atom stereocenters. The molecule has 1 aromatic heterocycles. The zero-order valence-corrected chi connectivity index (χ0v) is 13.7. The normalized spacial score (nSPS) is 10.3. The Morgan fingerprint density at radius 3 is 2.64 bits per heavy atom. The van der Waals surface area contributed by atoms with Gasteiger partial charge in [-0.2, -0.15) is 0 Å². The number of ether oxygens (including phenoxy) is 1. The summed E-state index contributed by atoms with van der Waals surface area (Å²) in [4.78, 5) is 16.5. The van der Waals surface area contributed by atoms with Gasteiger partial charge in [-0.15, -0.1) is 0 Å². The van der Waals surface area contributed by atoms with E-state index in [1.165, 1.54) is 12.1 Å². The molecule has 0 bridgehead atoms. The quantitative estimate of drug-likeness (QED) is 0.753. The maximum Gasteiger partial charge on any atom is 0.259 e. The van der Waals surface area contributed by atoms with Crippen LogP contribution in [0, 0.1) is 12.7 Å². The fourth-order valence-corrected chi connectivity index (χ4v) is 2.38. The van der Waals surface area contributed by atoms with Crippen LogP contribution in [-0.2, 0) is 6.61 Å². The van der Waals surface area contributed by atoms with Gasteiger partial charge in [0.25, 0.3) is 5.91 Å². The van der Waals surface area contributed by atoms with Crippen LogP contribution in [0.2, 0.25) is 0 Å². The number of halogens is 1. The number of hydrogen-bond donors (Lipinski definition) is 1. The minimum Gasteiger partial charge on any atom is -0.488 e. The SMILES string of the molecule is Cc1cc(F)ccc1NC(=O)c1ccccc1OCc1ccncc1. The van der Waals surface area contributed by atoms with Crippen molar-refractivity contribution in [2.75, 3.05) is 5.32 Å². The summed E-state index contributed by atoms with van der Waals surface area (Å²) >= 11 is 0. The van der Waals surface area contributed by atoms with E-state index >= 15 is 0 Å². The molecule has 0 radical (unpaired) electrons. The zero-order chi connectivity index (χ0) is 17.6. The maximum atomic E-state index is 13.2. The van der Waals surface area contributed by atoms with Crippen LogP contribution in [0.1, 0.15) is 21.5 Å². The second kappa shape index (κ2) is 7.57. The lowest BCUT2D eigenvalue weighted by Gasteiger charge is -2.13. The van der Waals surface area contributed by atoms with E-state index in [1.54, 1.807) is 43.6 Å². The van der Waals surface area contributed by atoms with Crippen molar-refractivity contribution in [2.45, 2.75) is 13.5 Å². The maximum absolute atomic E-state index is 13.2. The molecule has 0 aliphatic rings. The molecular weight excluding hydrogens is 319 g/mol. The van der Waals surface area contributed by atoms with Gasteiger partial charge in [0, 0.05) is 18.1 Å². The summed E-state index contributed by atoms with van der Waals surface area (Å²) in [5.74, 6) is -0.159. The van der Waals surface area contributed by atoms with Crippen LogP contribution in [0.15, 0.2) is 67.0 Å². The molecule has 0 aliphatic heterocycles. The summed E-state index contributed by atoms with van der Waals surface area (Å²) < 4.78 is 19.0. The van der Waals surface area contributed by atoms with Gasteiger partial charge in [-0.1, -0.05) is 12.1 Å². The third kappa shape index (κ3) is 4.20. The van der Waals surface area contributed by atoms with Gasteiger partial charge in [0.05, 0.1) is 5.56 Å². The number of nitrogens with one attached hydrogen (secondary N) is 1. The fraction of sp³-hybridized carbons (Fsp3) is 0.100. The molecule has 4 nitrogen and oxygen atoms in total. The third-order valence-electron chi connectivity index (χ3n) is 3.71. The molecule has 0 atom stereocenters. The van der Waals surface area contributed by atoms with Crippen LogP contribution in [-0.4, -0.2) is 10.9 Å². The number of amides is 1. The molecule has 3 aromatic rings. The average molecular weight is 336 g/mol. The summed E-state index contributed by atoms with van der Waals surface area (Å²) in [5, 5.41) is 2.80. The first kappa shape index (κ1) is 16.6. The third-order valence-corrected chi connectivity index (χ3v) is 3.71. The van der Waals surface area contributed by atoms with Crippen molar-refractivity contribution in [3.8, 4) is 5.75 Å². The summed E-state index contributed by atoms with van der Waals surface area (Å²) in [6.45, 7) is 2.08. The van der Waals surface area contributed by atoms with Crippen LogP contribution in [0.4, 0.5) is 10.1 Å². The predicted molar refractivity (Wildman–Crippen MR) is 94.1 cm³/mol. The molecular formula is C20H17FN2O2. The van der Waals surface area contributed by atoms with Gasteiger partial charge in [0.1, 0.15) is 18.2 Å². The first-order valence-electron chi connectivity index (χ1n) is 7.82. The number of aromatic nitrogens is 1. The molecule has 1 amide bonds. The highest BCUT2D eigenvalue weighted by atomic mass is 19.1. The van der Waals surface area contributed by atoms with Crippen molar-refractivity contribution in [3.05, 3.63) is 89.5 Å². The molecule has 1 heterocycles. The highest BCUT2D eigenvalue weighted by Gasteiger charge is 2.13. The number of hydrogen-bond acceptors (Lipinski definition) is 3. The number of carbonyl (C=O) groups is 1. The molecule has 0 aliphatic carbocycles. The summed E-state index contributed by atoms with van der Waals surface area (Å²) in [6.07, 6.45) is 3.38. The van der Waals surface area contributed by atoms with Gasteiger partial charge in [0.2, 0.25) is 0 Å². The van der Waals surface area contributed by atoms with Gasteiger partial charge in [-0.3, -0.25) is 9.78 Å². The molecule has 5 heteroatoms. The molecule has 0 saturated heterocycles. The summed E-state index contributed by atoms with van der Waals surface area (Å²) in [6, 6.07) is 14.9. The van der Waals surface area contributed by atoms with E-state index in [9.17, 15) is 9.18 Å². The van der Waals surface area contributed by atoms with Crippen LogP contribution in [0.25, 0.3) is 0 Å². The molecule has 1 N–H and O–H groups in total. The van der Waals surface area contributed by atoms with Gasteiger partial charge in [-0.05, 0) is 60.5 Å². The second-order valence-corrected chi connectivity index (χ2v) is 5.55. The molecule has 0 spiro atoms. The Morgan fingerprint density at radius 1 is 1.12 bits per heavy atom. The number of carbonyl (C=O) groups excluding carboxylic acids is 1. The Bertz CT molecular complexity index is 882. The lowest BCUT2D eigenvalue weighted by Crippen LogP contribution is -2.14. The largest absolute Gasteiger partial charge is 0.488 e. The first-order chi connectivity index (χ1) is 12.1. The highest BCUT2D eigenvalue weighted by Crippen LogP contribution is 2.22. The lowest BCUT2D eigenvalue weighted by atomic mass is 10.1. The van der Waals surface area contributed by atoms with E-state index in [4.69, 9.17) is 4.74 Å². The number of pyridine rings is 1. The van der Waals surface area contributed by atoms with Crippen LogP contribution in [0.5, 0.6) is 5.75 Å². The van der Waals surface area contributed by atoms with E-state index in [-0.39, 0.29) is 11.7 Å². The van der Waals surface area contributed by atoms with Gasteiger partial charge in [0.15, 0.2) is 0 Å². The van der Waals surface area contributed by atoms with E-state index in [0.717, 1.165) is 5.56 Å². The number of anilines is 1. The van der Waals surface area contributed by atoms with Gasteiger partial charge >= 0.3 is 0 Å². The summed E-state index contributed by atoms with van der Waals surface area (Å²) in [5.41, 5.74) is 2.60. The van der Waals surface area contributed by atoms with Crippen LogP contribution < -0.4 is 10.1 Å². The zero-order valence-electron chi connectivity index (χ0n) is 13.7. The first-order valence-corrected chi connectivity index (χ1v) is 7.82. The smallest absolute Gasteiger partial charge is 0.259 e. The number of benzene rings is 2. The van der Waals surface area contributed by atoms with Crippen LogP contribution in [0.3, 0.4) is 0 Å². The molecule has 3 rings (SSSR count). The standard InChI is InChI=1S/C20H17FN2O2/c1-14-12-16(21)6-7-18(14)23-20(24)17-4-2-3-5-19(17)25-13-15-8-10-22-11-9-15/h2-12H,13H2,1H3,(H,23,24). The predicted octanol–water partition coefficient (Wildman–Crippen LogP) is 4.36. The molecule has 25 heavy (non-hydrogen) atoms. The Labute approximate surface area is 145 Å². The van der Waals surface area contributed by atoms with Crippen molar-refractivity contribution in [1.82, 2.24) is 4.98 Å².